The van der Waals surface area contributed by atoms with Crippen LogP contribution in [0.25, 0.3) is 0 Å². The molecule has 6 atom stereocenters. The molecule has 0 saturated heterocycles. The largest absolute Gasteiger partial charge is 0.497 e. The smallest absolute Gasteiger partial charge is 0.119 e. The molecule has 3 saturated carbocycles. The van der Waals surface area contributed by atoms with Crippen molar-refractivity contribution in [2.45, 2.75) is 51.1 Å². The van der Waals surface area contributed by atoms with Crippen molar-refractivity contribution in [3.05, 3.63) is 29.8 Å². The van der Waals surface area contributed by atoms with Crippen LogP contribution in [-0.2, 0) is 0 Å². The summed E-state index contributed by atoms with van der Waals surface area (Å²) in [6.45, 7) is 2.30. The maximum Gasteiger partial charge on any atom is 0.119 e. The number of benzene rings is 1. The zero-order chi connectivity index (χ0) is 14.4. The van der Waals surface area contributed by atoms with Crippen molar-refractivity contribution in [3.8, 4) is 5.75 Å². The zero-order valence-electron chi connectivity index (χ0n) is 13.2. The number of rotatable bonds is 4. The van der Waals surface area contributed by atoms with Gasteiger partial charge in [-0.3, -0.25) is 0 Å². The summed E-state index contributed by atoms with van der Waals surface area (Å²) in [6.07, 6.45) is 7.42. The third-order valence-electron chi connectivity index (χ3n) is 6.49. The Bertz CT molecular complexity index is 514. The normalized spacial score (nSPS) is 38.5. The van der Waals surface area contributed by atoms with E-state index >= 15 is 0 Å². The first-order chi connectivity index (χ1) is 10.3. The van der Waals surface area contributed by atoms with Gasteiger partial charge in [0.1, 0.15) is 5.75 Å². The molecule has 4 rings (SSSR count). The van der Waals surface area contributed by atoms with Crippen molar-refractivity contribution < 1.29 is 4.74 Å². The zero-order valence-corrected chi connectivity index (χ0v) is 13.2. The first-order valence-electron chi connectivity index (χ1n) is 8.66. The summed E-state index contributed by atoms with van der Waals surface area (Å²) in [5, 5.41) is 3.93. The molecule has 0 heterocycles. The Morgan fingerprint density at radius 1 is 1.14 bits per heavy atom. The predicted molar refractivity (Wildman–Crippen MR) is 85.4 cm³/mol. The Hall–Kier alpha value is -1.02. The van der Waals surface area contributed by atoms with Crippen molar-refractivity contribution in [3.63, 3.8) is 0 Å². The minimum Gasteiger partial charge on any atom is -0.497 e. The predicted octanol–water partition coefficient (Wildman–Crippen LogP) is 4.17. The number of ether oxygens (including phenoxy) is 1. The Morgan fingerprint density at radius 2 is 2.00 bits per heavy atom. The molecule has 3 aliphatic carbocycles. The quantitative estimate of drug-likeness (QED) is 0.896. The van der Waals surface area contributed by atoms with Gasteiger partial charge in [0.15, 0.2) is 0 Å². The second kappa shape index (κ2) is 5.31. The van der Waals surface area contributed by atoms with Crippen molar-refractivity contribution in [2.75, 3.05) is 7.11 Å². The number of hydrogen-bond donors (Lipinski definition) is 1. The summed E-state index contributed by atoms with van der Waals surface area (Å²) >= 11 is 0. The van der Waals surface area contributed by atoms with Crippen LogP contribution in [0.1, 0.15) is 50.6 Å². The molecule has 1 aromatic rings. The van der Waals surface area contributed by atoms with Crippen LogP contribution in [0, 0.1) is 23.7 Å². The van der Waals surface area contributed by atoms with Crippen LogP contribution in [0.4, 0.5) is 0 Å². The SMILES string of the molecule is COc1cccc(C(C)NC2CC3CC2C2CCCC32)c1. The molecule has 0 spiro atoms. The second-order valence-electron chi connectivity index (χ2n) is 7.43. The van der Waals surface area contributed by atoms with Gasteiger partial charge in [-0.25, -0.2) is 0 Å². The molecule has 21 heavy (non-hydrogen) atoms. The molecule has 114 valence electrons. The van der Waals surface area contributed by atoms with Crippen LogP contribution in [0.15, 0.2) is 24.3 Å². The molecule has 2 bridgehead atoms. The van der Waals surface area contributed by atoms with E-state index in [1.807, 2.05) is 6.07 Å². The van der Waals surface area contributed by atoms with Gasteiger partial charge in [-0.2, -0.15) is 0 Å². The molecule has 3 aliphatic rings. The molecular weight excluding hydrogens is 258 g/mol. The fourth-order valence-corrected chi connectivity index (χ4v) is 5.59. The maximum absolute atomic E-state index is 5.35. The van der Waals surface area contributed by atoms with Crippen LogP contribution in [0.2, 0.25) is 0 Å². The standard InChI is InChI=1S/C19H27NO/c1-12(13-5-3-6-15(9-13)21-2)20-19-11-14-10-18(19)17-8-4-7-16(14)17/h3,5-6,9,12,14,16-20H,4,7-8,10-11H2,1-2H3. The summed E-state index contributed by atoms with van der Waals surface area (Å²) in [5.74, 6) is 5.07. The highest BCUT2D eigenvalue weighted by Gasteiger charge is 2.53. The van der Waals surface area contributed by atoms with E-state index in [4.69, 9.17) is 4.74 Å². The molecule has 1 N–H and O–H groups in total. The molecule has 2 heteroatoms. The van der Waals surface area contributed by atoms with E-state index < -0.39 is 0 Å². The third kappa shape index (κ3) is 2.28. The number of nitrogens with one attached hydrogen (secondary N) is 1. The van der Waals surface area contributed by atoms with Gasteiger partial charge in [-0.05, 0) is 74.0 Å². The molecule has 0 amide bonds. The minimum absolute atomic E-state index is 0.421. The van der Waals surface area contributed by atoms with Crippen molar-refractivity contribution in [2.24, 2.45) is 23.7 Å². The summed E-state index contributed by atoms with van der Waals surface area (Å²) in [6, 6.07) is 9.67. The molecule has 0 aliphatic heterocycles. The van der Waals surface area contributed by atoms with E-state index in [2.05, 4.69) is 30.4 Å². The molecular formula is C19H27NO. The van der Waals surface area contributed by atoms with Gasteiger partial charge >= 0.3 is 0 Å². The van der Waals surface area contributed by atoms with E-state index in [-0.39, 0.29) is 0 Å². The van der Waals surface area contributed by atoms with E-state index in [0.717, 1.165) is 35.5 Å². The Morgan fingerprint density at radius 3 is 2.86 bits per heavy atom. The lowest BCUT2D eigenvalue weighted by Crippen LogP contribution is -2.40. The second-order valence-corrected chi connectivity index (χ2v) is 7.43. The lowest BCUT2D eigenvalue weighted by molar-refractivity contribution is 0.200. The summed E-state index contributed by atoms with van der Waals surface area (Å²) in [5.41, 5.74) is 1.35. The van der Waals surface area contributed by atoms with Crippen molar-refractivity contribution >= 4 is 0 Å². The maximum atomic E-state index is 5.35. The van der Waals surface area contributed by atoms with Gasteiger partial charge in [0.25, 0.3) is 0 Å². The number of fused-ring (bicyclic) bond motifs is 5. The fraction of sp³-hybridized carbons (Fsp3) is 0.684. The number of hydrogen-bond acceptors (Lipinski definition) is 2. The Balaban J connectivity index is 1.44. The molecule has 0 aromatic heterocycles. The Labute approximate surface area is 128 Å². The van der Waals surface area contributed by atoms with Gasteiger partial charge in [0.2, 0.25) is 0 Å². The molecule has 0 radical (unpaired) electrons. The van der Waals surface area contributed by atoms with Crippen LogP contribution < -0.4 is 10.1 Å². The topological polar surface area (TPSA) is 21.3 Å². The average molecular weight is 285 g/mol. The fourth-order valence-electron chi connectivity index (χ4n) is 5.59. The highest BCUT2D eigenvalue weighted by atomic mass is 16.5. The molecule has 1 aromatic carbocycles. The van der Waals surface area contributed by atoms with Gasteiger partial charge < -0.3 is 10.1 Å². The lowest BCUT2D eigenvalue weighted by Gasteiger charge is -2.34. The summed E-state index contributed by atoms with van der Waals surface area (Å²) in [7, 11) is 1.74. The van der Waals surface area contributed by atoms with Crippen LogP contribution in [0.5, 0.6) is 5.75 Å². The average Bonchev–Trinajstić information content (AvgIpc) is 3.19. The Kier molecular flexibility index (Phi) is 3.45. The van der Waals surface area contributed by atoms with Crippen molar-refractivity contribution in [1.29, 1.82) is 0 Å². The van der Waals surface area contributed by atoms with Crippen LogP contribution in [0.3, 0.4) is 0 Å². The van der Waals surface area contributed by atoms with Gasteiger partial charge in [-0.15, -0.1) is 0 Å². The van der Waals surface area contributed by atoms with E-state index in [0.29, 0.717) is 6.04 Å². The van der Waals surface area contributed by atoms with Gasteiger partial charge in [0, 0.05) is 12.1 Å². The van der Waals surface area contributed by atoms with Crippen LogP contribution in [-0.4, -0.2) is 13.2 Å². The highest BCUT2D eigenvalue weighted by molar-refractivity contribution is 5.30. The van der Waals surface area contributed by atoms with Gasteiger partial charge in [0.05, 0.1) is 7.11 Å². The number of methoxy groups -OCH3 is 1. The molecule has 6 unspecified atom stereocenters. The molecule has 2 nitrogen and oxygen atoms in total. The van der Waals surface area contributed by atoms with E-state index in [1.165, 1.54) is 37.7 Å². The minimum atomic E-state index is 0.421. The first kappa shape index (κ1) is 13.6. The summed E-state index contributed by atoms with van der Waals surface area (Å²) in [4.78, 5) is 0. The van der Waals surface area contributed by atoms with E-state index in [9.17, 15) is 0 Å². The first-order valence-corrected chi connectivity index (χ1v) is 8.66. The van der Waals surface area contributed by atoms with Crippen LogP contribution >= 0.6 is 0 Å². The van der Waals surface area contributed by atoms with Crippen molar-refractivity contribution in [1.82, 2.24) is 5.32 Å². The lowest BCUT2D eigenvalue weighted by atomic mass is 9.79. The summed E-state index contributed by atoms with van der Waals surface area (Å²) < 4.78 is 5.35. The monoisotopic (exact) mass is 285 g/mol. The molecule has 3 fully saturated rings. The van der Waals surface area contributed by atoms with Gasteiger partial charge in [-0.1, -0.05) is 18.6 Å². The highest BCUT2D eigenvalue weighted by Crippen LogP contribution is 2.58. The third-order valence-corrected chi connectivity index (χ3v) is 6.49. The van der Waals surface area contributed by atoms with E-state index in [1.54, 1.807) is 7.11 Å².